The number of hydrogen-bond donors (Lipinski definition) is 2. The van der Waals surface area contributed by atoms with Crippen molar-refractivity contribution in [3.63, 3.8) is 0 Å². The van der Waals surface area contributed by atoms with Crippen LogP contribution < -0.4 is 15.4 Å². The molecule has 0 amide bonds. The Balaban J connectivity index is 0.00000363. The Kier molecular flexibility index (Phi) is 10.3. The van der Waals surface area contributed by atoms with Gasteiger partial charge in [0.2, 0.25) is 0 Å². The van der Waals surface area contributed by atoms with E-state index in [0.717, 1.165) is 41.8 Å². The van der Waals surface area contributed by atoms with Gasteiger partial charge in [0, 0.05) is 24.9 Å². The zero-order valence-electron chi connectivity index (χ0n) is 19.1. The maximum absolute atomic E-state index is 11.8. The number of guanidine groups is 1. The Morgan fingerprint density at radius 3 is 2.50 bits per heavy atom. The van der Waals surface area contributed by atoms with Gasteiger partial charge in [-0.3, -0.25) is 0 Å². The largest absolute Gasteiger partial charge is 0.490 e. The molecule has 176 valence electrons. The fourth-order valence-corrected chi connectivity index (χ4v) is 4.83. The number of ether oxygens (including phenoxy) is 1. The molecule has 1 aliphatic carbocycles. The van der Waals surface area contributed by atoms with Crippen LogP contribution in [0.5, 0.6) is 5.75 Å². The van der Waals surface area contributed by atoms with E-state index in [4.69, 9.17) is 4.74 Å². The van der Waals surface area contributed by atoms with E-state index >= 15 is 0 Å². The van der Waals surface area contributed by atoms with Gasteiger partial charge in [-0.15, -0.1) is 24.0 Å². The summed E-state index contributed by atoms with van der Waals surface area (Å²) in [5.41, 5.74) is 2.81. The topological polar surface area (TPSA) is 79.8 Å². The summed E-state index contributed by atoms with van der Waals surface area (Å²) in [5, 5.41) is 6.65. The molecule has 32 heavy (non-hydrogen) atoms. The highest BCUT2D eigenvalue weighted by molar-refractivity contribution is 14.0. The number of rotatable bonds is 8. The minimum absolute atomic E-state index is 0. The van der Waals surface area contributed by atoms with Gasteiger partial charge in [0.1, 0.15) is 5.75 Å². The smallest absolute Gasteiger partial charge is 0.191 e. The lowest BCUT2D eigenvalue weighted by Gasteiger charge is -2.18. The van der Waals surface area contributed by atoms with Gasteiger partial charge < -0.3 is 15.4 Å². The second kappa shape index (κ2) is 12.4. The third-order valence-electron chi connectivity index (χ3n) is 5.42. The molecule has 0 spiro atoms. The molecule has 1 saturated carbocycles. The van der Waals surface area contributed by atoms with Crippen LogP contribution in [0.4, 0.5) is 0 Å². The molecule has 2 aromatic carbocycles. The fraction of sp³-hybridized carbons (Fsp3) is 0.458. The molecule has 2 aromatic rings. The van der Waals surface area contributed by atoms with Crippen LogP contribution in [-0.4, -0.2) is 33.3 Å². The van der Waals surface area contributed by atoms with E-state index in [9.17, 15) is 8.42 Å². The number of sulfone groups is 1. The van der Waals surface area contributed by atoms with Gasteiger partial charge in [0.25, 0.3) is 0 Å². The van der Waals surface area contributed by atoms with E-state index in [2.05, 4.69) is 21.7 Å². The molecule has 8 heteroatoms. The van der Waals surface area contributed by atoms with Crippen molar-refractivity contribution in [1.82, 2.24) is 10.6 Å². The summed E-state index contributed by atoms with van der Waals surface area (Å²) in [6, 6.07) is 13.5. The van der Waals surface area contributed by atoms with Crippen LogP contribution in [0.2, 0.25) is 0 Å². The Labute approximate surface area is 209 Å². The minimum Gasteiger partial charge on any atom is -0.490 e. The molecule has 0 saturated heterocycles. The molecule has 1 aliphatic rings. The molecule has 3 rings (SSSR count). The maximum atomic E-state index is 11.8. The lowest BCUT2D eigenvalue weighted by atomic mass is 10.1. The monoisotopic (exact) mass is 571 g/mol. The van der Waals surface area contributed by atoms with Gasteiger partial charge in [-0.25, -0.2) is 13.4 Å². The van der Waals surface area contributed by atoms with E-state index in [1.807, 2.05) is 44.2 Å². The number of halogens is 1. The zero-order chi connectivity index (χ0) is 22.3. The Morgan fingerprint density at radius 1 is 1.12 bits per heavy atom. The standard InChI is InChI=1S/C24H33N3O3S.HI/c1-4-25-24(26-16-19-13-14-23(18(2)15-19)31(3,28)29)27-17-20-9-5-8-12-22(20)30-21-10-6-7-11-21;/h5,8-9,12-15,21H,4,6-7,10-11,16-17H2,1-3H3,(H2,25,26,27);1H. The molecule has 0 aliphatic heterocycles. The molecule has 0 unspecified atom stereocenters. The highest BCUT2D eigenvalue weighted by atomic mass is 127. The van der Waals surface area contributed by atoms with Crippen LogP contribution in [0.25, 0.3) is 0 Å². The molecular formula is C24H34IN3O3S. The highest BCUT2D eigenvalue weighted by Crippen LogP contribution is 2.26. The second-order valence-electron chi connectivity index (χ2n) is 8.05. The lowest BCUT2D eigenvalue weighted by Crippen LogP contribution is -2.37. The van der Waals surface area contributed by atoms with E-state index in [-0.39, 0.29) is 24.0 Å². The highest BCUT2D eigenvalue weighted by Gasteiger charge is 2.18. The minimum atomic E-state index is -3.21. The van der Waals surface area contributed by atoms with Gasteiger partial charge in [-0.05, 0) is 62.8 Å². The molecule has 0 atom stereocenters. The first-order valence-corrected chi connectivity index (χ1v) is 12.8. The SMILES string of the molecule is CCNC(=NCc1ccc(S(C)(=O)=O)c(C)c1)NCc1ccccc1OC1CCCC1.I. The molecule has 0 aromatic heterocycles. The van der Waals surface area contributed by atoms with Crippen molar-refractivity contribution in [2.24, 2.45) is 4.99 Å². The van der Waals surface area contributed by atoms with Crippen molar-refractivity contribution < 1.29 is 13.2 Å². The van der Waals surface area contributed by atoms with Crippen LogP contribution in [0.15, 0.2) is 52.4 Å². The van der Waals surface area contributed by atoms with Crippen molar-refractivity contribution in [2.45, 2.75) is 63.6 Å². The average molecular weight is 572 g/mol. The van der Waals surface area contributed by atoms with Crippen molar-refractivity contribution >= 4 is 39.8 Å². The average Bonchev–Trinajstić information content (AvgIpc) is 3.23. The molecule has 2 N–H and O–H groups in total. The van der Waals surface area contributed by atoms with E-state index in [1.165, 1.54) is 19.1 Å². The summed E-state index contributed by atoms with van der Waals surface area (Å²) in [7, 11) is -3.21. The molecule has 1 fully saturated rings. The first-order valence-electron chi connectivity index (χ1n) is 10.9. The van der Waals surface area contributed by atoms with Crippen LogP contribution in [0, 0.1) is 6.92 Å². The number of nitrogens with zero attached hydrogens (tertiary/aromatic N) is 1. The van der Waals surface area contributed by atoms with Crippen molar-refractivity contribution in [3.8, 4) is 5.75 Å². The maximum Gasteiger partial charge on any atom is 0.191 e. The Bertz CT molecular complexity index is 1020. The first-order chi connectivity index (χ1) is 14.9. The van der Waals surface area contributed by atoms with Gasteiger partial charge in [-0.2, -0.15) is 0 Å². The fourth-order valence-electron chi connectivity index (χ4n) is 3.87. The summed E-state index contributed by atoms with van der Waals surface area (Å²) in [6.07, 6.45) is 6.29. The number of hydrogen-bond acceptors (Lipinski definition) is 4. The number of aliphatic imine (C=N–C) groups is 1. The molecule has 6 nitrogen and oxygen atoms in total. The normalized spacial score (nSPS) is 14.7. The first kappa shape index (κ1) is 26.4. The molecule has 0 bridgehead atoms. The predicted octanol–water partition coefficient (Wildman–Crippen LogP) is 4.59. The summed E-state index contributed by atoms with van der Waals surface area (Å²) in [4.78, 5) is 5.03. The quantitative estimate of drug-likeness (QED) is 0.275. The predicted molar refractivity (Wildman–Crippen MR) is 141 cm³/mol. The van der Waals surface area contributed by atoms with Gasteiger partial charge in [-0.1, -0.05) is 30.3 Å². The van der Waals surface area contributed by atoms with Crippen LogP contribution in [0.3, 0.4) is 0 Å². The molecule has 0 radical (unpaired) electrons. The van der Waals surface area contributed by atoms with Crippen LogP contribution in [-0.2, 0) is 22.9 Å². The van der Waals surface area contributed by atoms with Gasteiger partial charge in [0.05, 0.1) is 17.5 Å². The zero-order valence-corrected chi connectivity index (χ0v) is 22.2. The summed E-state index contributed by atoms with van der Waals surface area (Å²) in [5.74, 6) is 1.65. The molecular weight excluding hydrogens is 537 g/mol. The summed E-state index contributed by atoms with van der Waals surface area (Å²) >= 11 is 0. The van der Waals surface area contributed by atoms with Gasteiger partial charge in [0.15, 0.2) is 15.8 Å². The molecule has 0 heterocycles. The van der Waals surface area contributed by atoms with Gasteiger partial charge >= 0.3 is 0 Å². The number of para-hydroxylation sites is 1. The van der Waals surface area contributed by atoms with E-state index in [0.29, 0.717) is 30.0 Å². The van der Waals surface area contributed by atoms with Crippen molar-refractivity contribution in [1.29, 1.82) is 0 Å². The second-order valence-corrected chi connectivity index (χ2v) is 10.0. The summed E-state index contributed by atoms with van der Waals surface area (Å²) in [6.45, 7) is 5.66. The van der Waals surface area contributed by atoms with Crippen LogP contribution >= 0.6 is 24.0 Å². The third kappa shape index (κ3) is 7.65. The third-order valence-corrected chi connectivity index (χ3v) is 6.67. The number of aryl methyl sites for hydroxylation is 1. The number of benzene rings is 2. The summed E-state index contributed by atoms with van der Waals surface area (Å²) < 4.78 is 29.9. The van der Waals surface area contributed by atoms with Crippen molar-refractivity contribution in [2.75, 3.05) is 12.8 Å². The Hall–Kier alpha value is -1.81. The van der Waals surface area contributed by atoms with Crippen LogP contribution in [0.1, 0.15) is 49.3 Å². The lowest BCUT2D eigenvalue weighted by molar-refractivity contribution is 0.208. The van der Waals surface area contributed by atoms with E-state index in [1.54, 1.807) is 6.07 Å². The van der Waals surface area contributed by atoms with Crippen molar-refractivity contribution in [3.05, 3.63) is 59.2 Å². The Morgan fingerprint density at radius 2 is 1.84 bits per heavy atom. The number of nitrogens with one attached hydrogen (secondary N) is 2. The van der Waals surface area contributed by atoms with E-state index < -0.39 is 9.84 Å².